The van der Waals surface area contributed by atoms with Crippen molar-refractivity contribution in [3.05, 3.63) is 60.7 Å². The molecule has 4 aromatic heterocycles. The number of halogens is 1. The molecular weight excluding hydrogens is 501 g/mol. The van der Waals surface area contributed by atoms with Crippen molar-refractivity contribution < 1.29 is 19.1 Å². The van der Waals surface area contributed by atoms with Gasteiger partial charge in [-0.05, 0) is 31.0 Å². The lowest BCUT2D eigenvalue weighted by molar-refractivity contribution is -0.896. The second-order valence-electron chi connectivity index (χ2n) is 10.3. The molecule has 3 N–H and O–H groups in total. The van der Waals surface area contributed by atoms with E-state index in [-0.39, 0.29) is 24.8 Å². The van der Waals surface area contributed by atoms with Crippen molar-refractivity contribution in [3.63, 3.8) is 0 Å². The number of amides is 1. The van der Waals surface area contributed by atoms with Crippen molar-refractivity contribution in [1.29, 1.82) is 0 Å². The van der Waals surface area contributed by atoms with Gasteiger partial charge in [0, 0.05) is 92.6 Å². The topological polar surface area (TPSA) is 130 Å². The summed E-state index contributed by atoms with van der Waals surface area (Å²) in [6.07, 6.45) is 8.23. The van der Waals surface area contributed by atoms with Crippen LogP contribution in [0, 0.1) is 0 Å². The Morgan fingerprint density at radius 3 is 2.54 bits per heavy atom. The molecular formula is C27H31FN9O2+. The van der Waals surface area contributed by atoms with Gasteiger partial charge in [0.2, 0.25) is 18.0 Å². The van der Waals surface area contributed by atoms with Gasteiger partial charge in [-0.2, -0.15) is 0 Å². The molecule has 1 amide bonds. The molecule has 202 valence electrons. The number of likely N-dealkylation sites (tertiary alicyclic amines) is 2. The number of alkyl halides is 1. The molecule has 0 aliphatic carbocycles. The molecule has 0 aromatic carbocycles. The fourth-order valence-corrected chi connectivity index (χ4v) is 5.66. The van der Waals surface area contributed by atoms with E-state index in [9.17, 15) is 10.0 Å². The number of aromatic nitrogens is 6. The van der Waals surface area contributed by atoms with Crippen LogP contribution in [0.15, 0.2) is 55.1 Å². The Bertz CT molecular complexity index is 1480. The van der Waals surface area contributed by atoms with Crippen LogP contribution in [0.1, 0.15) is 37.3 Å². The molecule has 0 unspecified atom stereocenters. The Kier molecular flexibility index (Phi) is 6.55. The zero-order chi connectivity index (χ0) is 27.0. The number of fused-ring (bicyclic) bond motifs is 1. The van der Waals surface area contributed by atoms with Crippen LogP contribution >= 0.6 is 0 Å². The van der Waals surface area contributed by atoms with Crippen LogP contribution in [0.25, 0.3) is 22.7 Å². The summed E-state index contributed by atoms with van der Waals surface area (Å²) in [6.45, 7) is 2.46. The van der Waals surface area contributed by atoms with Gasteiger partial charge in [0.25, 0.3) is 11.6 Å². The van der Waals surface area contributed by atoms with Gasteiger partial charge in [-0.3, -0.25) is 14.9 Å². The molecule has 0 spiro atoms. The molecule has 0 saturated carbocycles. The van der Waals surface area contributed by atoms with Crippen LogP contribution in [0.3, 0.4) is 0 Å². The molecule has 2 aliphatic heterocycles. The Morgan fingerprint density at radius 1 is 1.08 bits per heavy atom. The maximum absolute atomic E-state index is 15.9. The summed E-state index contributed by atoms with van der Waals surface area (Å²) in [7, 11) is 0. The second-order valence-corrected chi connectivity index (χ2v) is 10.3. The highest BCUT2D eigenvalue weighted by molar-refractivity contribution is 5.85. The number of pyridine rings is 2. The maximum atomic E-state index is 15.9. The third-order valence-electron chi connectivity index (χ3n) is 7.80. The SMILES string of the molecule is Nc1ncc(CN2CCC(F)(C(=O)N3CCC(n4c(-c5cccc[n+]5O)nc5cccnc54)CC3)CC2)cn1. The first kappa shape index (κ1) is 25.1. The van der Waals surface area contributed by atoms with Crippen LogP contribution < -0.4 is 10.5 Å². The Hall–Kier alpha value is -4.19. The first-order valence-corrected chi connectivity index (χ1v) is 13.2. The summed E-state index contributed by atoms with van der Waals surface area (Å²) in [5, 5.41) is 10.4. The number of nitrogens with zero attached hydrogens (tertiary/aromatic N) is 8. The molecule has 2 saturated heterocycles. The molecule has 0 bridgehead atoms. The van der Waals surface area contributed by atoms with Crippen LogP contribution in [-0.2, 0) is 11.3 Å². The van der Waals surface area contributed by atoms with Crippen LogP contribution in [0.4, 0.5) is 10.3 Å². The molecule has 0 atom stereocenters. The molecule has 6 rings (SSSR count). The first-order valence-electron chi connectivity index (χ1n) is 13.2. The van der Waals surface area contributed by atoms with E-state index < -0.39 is 11.6 Å². The van der Waals surface area contributed by atoms with E-state index in [4.69, 9.17) is 10.7 Å². The molecule has 12 heteroatoms. The van der Waals surface area contributed by atoms with E-state index in [1.165, 1.54) is 0 Å². The maximum Gasteiger partial charge on any atom is 0.299 e. The number of hydrogen-bond donors (Lipinski definition) is 2. The zero-order valence-electron chi connectivity index (χ0n) is 21.5. The van der Waals surface area contributed by atoms with Gasteiger partial charge in [0.1, 0.15) is 5.52 Å². The Morgan fingerprint density at radius 2 is 1.82 bits per heavy atom. The average molecular weight is 533 g/mol. The van der Waals surface area contributed by atoms with Gasteiger partial charge >= 0.3 is 0 Å². The first-order chi connectivity index (χ1) is 18.9. The lowest BCUT2D eigenvalue weighted by atomic mass is 9.90. The lowest BCUT2D eigenvalue weighted by Gasteiger charge is -2.40. The minimum atomic E-state index is -1.86. The molecule has 11 nitrogen and oxygen atoms in total. The van der Waals surface area contributed by atoms with Crippen molar-refractivity contribution in [2.45, 2.75) is 43.9 Å². The largest absolute Gasteiger partial charge is 0.368 e. The fraction of sp³-hybridized carbons (Fsp3) is 0.407. The summed E-state index contributed by atoms with van der Waals surface area (Å²) in [6, 6.07) is 9.11. The van der Waals surface area contributed by atoms with Crippen LogP contribution in [0.2, 0.25) is 0 Å². The zero-order valence-corrected chi connectivity index (χ0v) is 21.5. The standard InChI is InChI=1S/C27H31FN9O2/c28-27(8-14-34(15-9-27)18-19-16-31-26(29)32-17-19)25(38)35-12-6-20(7-13-35)37-23-21(4-3-10-30-23)33-24(37)22-5-1-2-11-36(22)39/h1-5,10-11,16-17,20,39H,6-9,12-15,18H2,(H2,29,31,32)/q+1. The predicted molar refractivity (Wildman–Crippen MR) is 140 cm³/mol. The number of carbonyl (C=O) groups excluding carboxylic acids is 1. The van der Waals surface area contributed by atoms with Gasteiger partial charge in [-0.15, -0.1) is 0 Å². The highest BCUT2D eigenvalue weighted by Crippen LogP contribution is 2.35. The van der Waals surface area contributed by atoms with Crippen molar-refractivity contribution in [2.75, 3.05) is 31.9 Å². The quantitative estimate of drug-likeness (QED) is 0.296. The fourth-order valence-electron chi connectivity index (χ4n) is 5.66. The van der Waals surface area contributed by atoms with E-state index >= 15 is 4.39 Å². The number of piperidine rings is 2. The molecule has 2 aliphatic rings. The van der Waals surface area contributed by atoms with E-state index in [1.807, 2.05) is 22.8 Å². The smallest absolute Gasteiger partial charge is 0.299 e. The van der Waals surface area contributed by atoms with E-state index in [1.54, 1.807) is 41.8 Å². The van der Waals surface area contributed by atoms with Crippen molar-refractivity contribution in [3.8, 4) is 11.5 Å². The van der Waals surface area contributed by atoms with E-state index in [0.29, 0.717) is 57.1 Å². The summed E-state index contributed by atoms with van der Waals surface area (Å²) in [5.74, 6) is 0.416. The summed E-state index contributed by atoms with van der Waals surface area (Å²) in [5.41, 5.74) is 6.61. The van der Waals surface area contributed by atoms with Crippen LogP contribution in [-0.4, -0.2) is 77.3 Å². The van der Waals surface area contributed by atoms with Gasteiger partial charge in [-0.25, -0.2) is 24.3 Å². The number of imidazole rings is 1. The minimum Gasteiger partial charge on any atom is -0.368 e. The highest BCUT2D eigenvalue weighted by atomic mass is 19.1. The number of nitrogen functional groups attached to an aromatic ring is 1. The third kappa shape index (κ3) is 4.87. The Labute approximate surface area is 224 Å². The second kappa shape index (κ2) is 10.2. The summed E-state index contributed by atoms with van der Waals surface area (Å²) >= 11 is 0. The van der Waals surface area contributed by atoms with Crippen molar-refractivity contribution >= 4 is 23.0 Å². The summed E-state index contributed by atoms with van der Waals surface area (Å²) < 4.78 is 19.0. The van der Waals surface area contributed by atoms with E-state index in [0.717, 1.165) is 21.5 Å². The van der Waals surface area contributed by atoms with Gasteiger partial charge in [-0.1, -0.05) is 0 Å². The molecule has 0 radical (unpaired) electrons. The number of rotatable bonds is 5. The molecule has 39 heavy (non-hydrogen) atoms. The minimum absolute atomic E-state index is 0.00342. The van der Waals surface area contributed by atoms with Crippen molar-refractivity contribution in [2.24, 2.45) is 0 Å². The van der Waals surface area contributed by atoms with Gasteiger partial charge in [0.15, 0.2) is 11.3 Å². The molecule has 2 fully saturated rings. The normalized spacial score (nSPS) is 18.4. The predicted octanol–water partition coefficient (Wildman–Crippen LogP) is 2.16. The highest BCUT2D eigenvalue weighted by Gasteiger charge is 2.45. The van der Waals surface area contributed by atoms with Gasteiger partial charge in [0.05, 0.1) is 0 Å². The van der Waals surface area contributed by atoms with Crippen molar-refractivity contribution in [1.82, 2.24) is 34.3 Å². The lowest BCUT2D eigenvalue weighted by Crippen LogP contribution is -2.54. The monoisotopic (exact) mass is 532 g/mol. The third-order valence-corrected chi connectivity index (χ3v) is 7.80. The number of nitrogens with two attached hydrogens (primary N) is 1. The van der Waals surface area contributed by atoms with Crippen LogP contribution in [0.5, 0.6) is 0 Å². The molecule has 6 heterocycles. The Balaban J connectivity index is 1.13. The molecule has 4 aromatic rings. The van der Waals surface area contributed by atoms with E-state index in [2.05, 4.69) is 19.9 Å². The number of carbonyl (C=O) groups is 1. The number of hydrogen-bond acceptors (Lipinski definition) is 8. The number of anilines is 1. The van der Waals surface area contributed by atoms with Gasteiger partial charge < -0.3 is 15.2 Å². The summed E-state index contributed by atoms with van der Waals surface area (Å²) in [4.78, 5) is 34.5. The average Bonchev–Trinajstić information content (AvgIpc) is 3.35.